The molecule has 2 saturated carbocycles. The van der Waals surface area contributed by atoms with Gasteiger partial charge in [-0.1, -0.05) is 19.6 Å². The van der Waals surface area contributed by atoms with E-state index in [0.29, 0.717) is 42.0 Å². The van der Waals surface area contributed by atoms with E-state index in [4.69, 9.17) is 24.9 Å². The number of hydrogen-bond donors (Lipinski definition) is 1. The molecule has 2 N–H and O–H groups in total. The monoisotopic (exact) mass is 713 g/mol. The maximum Gasteiger partial charge on any atom is 0.416 e. The zero-order valence-corrected chi connectivity index (χ0v) is 30.9. The summed E-state index contributed by atoms with van der Waals surface area (Å²) in [7, 11) is 0.911. The predicted octanol–water partition coefficient (Wildman–Crippen LogP) is 6.98. The Hall–Kier alpha value is -3.04. The normalized spacial score (nSPS) is 26.7. The first-order valence-corrected chi connectivity index (χ1v) is 21.5. The zero-order valence-electron chi connectivity index (χ0n) is 29.9. The highest BCUT2D eigenvalue weighted by Crippen LogP contribution is 2.48. The molecule has 3 aromatic heterocycles. The minimum absolute atomic E-state index is 0.0259. The van der Waals surface area contributed by atoms with E-state index in [1.165, 1.54) is 12.4 Å². The summed E-state index contributed by atoms with van der Waals surface area (Å²) < 4.78 is 63.7. The van der Waals surface area contributed by atoms with Crippen molar-refractivity contribution >= 4 is 36.0 Å². The second-order valence-electron chi connectivity index (χ2n) is 16.5. The fourth-order valence-electron chi connectivity index (χ4n) is 8.32. The van der Waals surface area contributed by atoms with Crippen LogP contribution in [-0.2, 0) is 33.5 Å². The number of alkyl halides is 3. The fourth-order valence-corrected chi connectivity index (χ4v) is 9.08. The van der Waals surface area contributed by atoms with E-state index in [9.17, 15) is 13.2 Å². The van der Waals surface area contributed by atoms with Crippen LogP contribution in [0.3, 0.4) is 0 Å². The summed E-state index contributed by atoms with van der Waals surface area (Å²) in [6.07, 6.45) is 2.76. The first kappa shape index (κ1) is 35.4. The number of hydrogen-bond acceptors (Lipinski definition) is 8. The molecule has 4 atom stereocenters. The van der Waals surface area contributed by atoms with Crippen LogP contribution in [-0.4, -0.2) is 81.8 Å². The van der Waals surface area contributed by atoms with Crippen molar-refractivity contribution in [1.29, 1.82) is 0 Å². The number of ether oxygens (including phenoxy) is 3. The Labute approximate surface area is 292 Å². The first-order valence-electron chi connectivity index (χ1n) is 17.8. The van der Waals surface area contributed by atoms with Crippen LogP contribution in [0.15, 0.2) is 36.8 Å². The van der Waals surface area contributed by atoms with Crippen LogP contribution >= 0.6 is 0 Å². The van der Waals surface area contributed by atoms with Crippen molar-refractivity contribution in [2.24, 2.45) is 17.8 Å². The van der Waals surface area contributed by atoms with E-state index in [2.05, 4.69) is 46.1 Å². The van der Waals surface area contributed by atoms with Crippen LogP contribution in [0.5, 0.6) is 0 Å². The number of rotatable bonds is 12. The third kappa shape index (κ3) is 7.32. The summed E-state index contributed by atoms with van der Waals surface area (Å²) in [6, 6.07) is 6.92. The molecule has 0 amide bonds. The number of nitrogen functional groups attached to an aromatic ring is 1. The number of nitrogens with zero attached hydrogens (tertiary/aromatic N) is 6. The van der Waals surface area contributed by atoms with Gasteiger partial charge in [0.05, 0.1) is 34.1 Å². The van der Waals surface area contributed by atoms with Gasteiger partial charge in [0.25, 0.3) is 0 Å². The van der Waals surface area contributed by atoms with Crippen molar-refractivity contribution in [3.05, 3.63) is 48.2 Å². The smallest absolute Gasteiger partial charge is 0.383 e. The molecule has 7 rings (SSSR count). The summed E-state index contributed by atoms with van der Waals surface area (Å²) in [5.41, 5.74) is 7.34. The quantitative estimate of drug-likeness (QED) is 0.124. The Morgan fingerprint density at radius 1 is 1.04 bits per heavy atom. The molecule has 1 aliphatic heterocycles. The van der Waals surface area contributed by atoms with Gasteiger partial charge >= 0.3 is 6.18 Å². The van der Waals surface area contributed by atoms with Crippen LogP contribution in [0, 0.1) is 17.8 Å². The minimum Gasteiger partial charge on any atom is -0.383 e. The SMILES string of the molecule is CN(CC1CC(Cc2nc3cc(C(F)(F)F)ccc3n2COCC[Si](C)(C)C)C1)C[C@H]1C[C@@H](n2ccc3c(N)ncnc32)C2OC(C)(C)O[C@@H]21. The number of anilines is 1. The fraction of sp³-hybridized carbons (Fsp3) is 0.639. The molecule has 3 fully saturated rings. The Kier molecular flexibility index (Phi) is 9.32. The van der Waals surface area contributed by atoms with Crippen LogP contribution < -0.4 is 5.73 Å². The van der Waals surface area contributed by atoms with Gasteiger partial charge in [0.1, 0.15) is 36.5 Å². The van der Waals surface area contributed by atoms with Crippen molar-refractivity contribution < 1.29 is 27.4 Å². The average Bonchev–Trinajstić information content (AvgIpc) is 3.74. The molecule has 1 saturated heterocycles. The molecule has 1 aromatic carbocycles. The van der Waals surface area contributed by atoms with Crippen molar-refractivity contribution in [2.45, 2.75) is 102 Å². The topological polar surface area (TPSA) is 105 Å². The molecular weight excluding hydrogens is 664 g/mol. The Morgan fingerprint density at radius 2 is 1.80 bits per heavy atom. The summed E-state index contributed by atoms with van der Waals surface area (Å²) in [5, 5.41) is 0.846. The summed E-state index contributed by atoms with van der Waals surface area (Å²) in [5.74, 6) is 1.88. The minimum atomic E-state index is -4.41. The highest BCUT2D eigenvalue weighted by molar-refractivity contribution is 6.76. The highest BCUT2D eigenvalue weighted by Gasteiger charge is 2.55. The summed E-state index contributed by atoms with van der Waals surface area (Å²) in [4.78, 5) is 15.8. The number of benzene rings is 1. The lowest BCUT2D eigenvalue weighted by Crippen LogP contribution is -2.39. The third-order valence-electron chi connectivity index (χ3n) is 10.7. The zero-order chi connectivity index (χ0) is 35.6. The van der Waals surface area contributed by atoms with E-state index >= 15 is 0 Å². The molecule has 3 aliphatic rings. The Morgan fingerprint density at radius 3 is 2.54 bits per heavy atom. The van der Waals surface area contributed by atoms with E-state index in [0.717, 1.165) is 73.8 Å². The van der Waals surface area contributed by atoms with Crippen molar-refractivity contribution in [3.8, 4) is 0 Å². The van der Waals surface area contributed by atoms with Gasteiger partial charge in [0.15, 0.2) is 5.79 Å². The lowest BCUT2D eigenvalue weighted by atomic mass is 9.73. The molecule has 4 heterocycles. The van der Waals surface area contributed by atoms with Gasteiger partial charge in [0.2, 0.25) is 0 Å². The maximum absolute atomic E-state index is 13.5. The van der Waals surface area contributed by atoms with Gasteiger partial charge < -0.3 is 34.0 Å². The Balaban J connectivity index is 0.981. The molecule has 272 valence electrons. The first-order chi connectivity index (χ1) is 23.5. The largest absolute Gasteiger partial charge is 0.416 e. The van der Waals surface area contributed by atoms with Crippen LogP contribution in [0.1, 0.15) is 50.5 Å². The van der Waals surface area contributed by atoms with E-state index in [1.54, 1.807) is 0 Å². The summed E-state index contributed by atoms with van der Waals surface area (Å²) in [6.45, 7) is 13.7. The standard InChI is InChI=1S/C36H50F3N7O3Si/c1-35(2)48-31-24(16-29(32(31)49-35)45-10-9-26-33(40)41-20-42-34(26)45)19-44(3)18-23-13-22(14-23)15-30-43-27-17-25(36(37,38)39)7-8-28(27)46(30)21-47-11-12-50(4,5)6/h7-10,17,20,22-24,29,31-32H,11-16,18-19,21H2,1-6H3,(H2,40,41,42)/t22?,23?,24-,29-,31-,32?/m1/s1. The number of halogens is 3. The highest BCUT2D eigenvalue weighted by atomic mass is 28.3. The molecule has 1 unspecified atom stereocenters. The number of imidazole rings is 1. The molecule has 2 aliphatic carbocycles. The molecule has 4 aromatic rings. The molecule has 0 spiro atoms. The lowest BCUT2D eigenvalue weighted by molar-refractivity contribution is -0.161. The Bertz CT molecular complexity index is 1830. The predicted molar refractivity (Wildman–Crippen MR) is 189 cm³/mol. The van der Waals surface area contributed by atoms with E-state index in [-0.39, 0.29) is 24.2 Å². The second kappa shape index (κ2) is 13.2. The summed E-state index contributed by atoms with van der Waals surface area (Å²) >= 11 is 0. The molecule has 0 bridgehead atoms. The van der Waals surface area contributed by atoms with Crippen LogP contribution in [0.2, 0.25) is 25.7 Å². The molecule has 10 nitrogen and oxygen atoms in total. The molecule has 14 heteroatoms. The molecule has 50 heavy (non-hydrogen) atoms. The third-order valence-corrected chi connectivity index (χ3v) is 12.4. The van der Waals surface area contributed by atoms with Crippen LogP contribution in [0.4, 0.5) is 19.0 Å². The number of aromatic nitrogens is 5. The van der Waals surface area contributed by atoms with E-state index in [1.807, 2.05) is 30.7 Å². The van der Waals surface area contributed by atoms with Gasteiger partial charge in [-0.2, -0.15) is 13.2 Å². The van der Waals surface area contributed by atoms with Gasteiger partial charge in [0, 0.05) is 46.3 Å². The van der Waals surface area contributed by atoms with Gasteiger partial charge in [-0.05, 0) is 82.3 Å². The molecular formula is C36H50F3N7O3Si. The van der Waals surface area contributed by atoms with Gasteiger partial charge in [-0.25, -0.2) is 15.0 Å². The number of fused-ring (bicyclic) bond motifs is 3. The van der Waals surface area contributed by atoms with Crippen molar-refractivity contribution in [1.82, 2.24) is 29.0 Å². The van der Waals surface area contributed by atoms with Gasteiger partial charge in [-0.3, -0.25) is 0 Å². The lowest BCUT2D eigenvalue weighted by Gasteiger charge is -2.38. The average molecular weight is 714 g/mol. The van der Waals surface area contributed by atoms with E-state index < -0.39 is 25.6 Å². The van der Waals surface area contributed by atoms with Gasteiger partial charge in [-0.15, -0.1) is 0 Å². The second-order valence-corrected chi connectivity index (χ2v) is 22.1. The maximum atomic E-state index is 13.5. The van der Waals surface area contributed by atoms with Crippen LogP contribution in [0.25, 0.3) is 22.1 Å². The number of nitrogens with two attached hydrogens (primary N) is 1. The van der Waals surface area contributed by atoms with Crippen molar-refractivity contribution in [3.63, 3.8) is 0 Å². The van der Waals surface area contributed by atoms with Crippen molar-refractivity contribution in [2.75, 3.05) is 32.5 Å². The molecule has 0 radical (unpaired) electrons.